The van der Waals surface area contributed by atoms with Gasteiger partial charge in [-0.3, -0.25) is 14.5 Å². The largest absolute Gasteiger partial charge is 0.381 e. The molecule has 3 heterocycles. The summed E-state index contributed by atoms with van der Waals surface area (Å²) in [7, 11) is 1.75. The molecule has 1 atom stereocenters. The van der Waals surface area contributed by atoms with Crippen LogP contribution in [0.1, 0.15) is 31.2 Å². The van der Waals surface area contributed by atoms with E-state index in [1.54, 1.807) is 23.9 Å². The van der Waals surface area contributed by atoms with Crippen molar-refractivity contribution >= 4 is 5.91 Å². The molecule has 0 radical (unpaired) electrons. The summed E-state index contributed by atoms with van der Waals surface area (Å²) in [5.74, 6) is 0.226. The zero-order chi connectivity index (χ0) is 16.9. The molecule has 2 fully saturated rings. The number of likely N-dealkylation sites (tertiary alicyclic amines) is 1. The fourth-order valence-electron chi connectivity index (χ4n) is 3.52. The Labute approximate surface area is 142 Å². The first-order chi connectivity index (χ1) is 11.6. The predicted molar refractivity (Wildman–Crippen MR) is 91.7 cm³/mol. The summed E-state index contributed by atoms with van der Waals surface area (Å²) < 4.78 is 6.91. The van der Waals surface area contributed by atoms with Gasteiger partial charge in [-0.25, -0.2) is 0 Å². The van der Waals surface area contributed by atoms with Gasteiger partial charge in [0.2, 0.25) is 5.91 Å². The summed E-state index contributed by atoms with van der Waals surface area (Å²) in [6.45, 7) is 3.97. The van der Waals surface area contributed by atoms with Gasteiger partial charge in [0.15, 0.2) is 0 Å². The summed E-state index contributed by atoms with van der Waals surface area (Å²) in [5, 5.41) is 3.19. The number of hydrogen-bond acceptors (Lipinski definition) is 4. The average Bonchev–Trinajstić information content (AvgIpc) is 2.59. The first-order valence-electron chi connectivity index (χ1n) is 8.88. The summed E-state index contributed by atoms with van der Waals surface area (Å²) in [6.07, 6.45) is 5.60. The van der Waals surface area contributed by atoms with Crippen molar-refractivity contribution in [2.24, 2.45) is 13.0 Å². The van der Waals surface area contributed by atoms with Crippen LogP contribution in [-0.2, 0) is 23.1 Å². The molecule has 6 nitrogen and oxygen atoms in total. The van der Waals surface area contributed by atoms with Crippen LogP contribution >= 0.6 is 0 Å². The second kappa shape index (κ2) is 7.94. The lowest BCUT2D eigenvalue weighted by Gasteiger charge is -2.33. The van der Waals surface area contributed by atoms with Gasteiger partial charge in [0.1, 0.15) is 0 Å². The third kappa shape index (κ3) is 4.45. The number of ether oxygens (including phenoxy) is 1. The molecule has 132 valence electrons. The van der Waals surface area contributed by atoms with E-state index < -0.39 is 0 Å². The minimum atomic E-state index is 0.0123. The van der Waals surface area contributed by atoms with E-state index in [0.29, 0.717) is 0 Å². The van der Waals surface area contributed by atoms with Crippen LogP contribution in [0.4, 0.5) is 0 Å². The average molecular weight is 333 g/mol. The van der Waals surface area contributed by atoms with Gasteiger partial charge in [-0.15, -0.1) is 0 Å². The molecule has 1 N–H and O–H groups in total. The fourth-order valence-corrected chi connectivity index (χ4v) is 3.52. The van der Waals surface area contributed by atoms with Gasteiger partial charge in [-0.1, -0.05) is 0 Å². The van der Waals surface area contributed by atoms with E-state index in [0.717, 1.165) is 64.1 Å². The Hall–Kier alpha value is -1.66. The Morgan fingerprint density at radius 3 is 2.88 bits per heavy atom. The van der Waals surface area contributed by atoms with Crippen LogP contribution < -0.4 is 10.9 Å². The first-order valence-corrected chi connectivity index (χ1v) is 8.88. The molecule has 6 heteroatoms. The van der Waals surface area contributed by atoms with Crippen LogP contribution in [0.15, 0.2) is 23.1 Å². The number of hydrogen-bond donors (Lipinski definition) is 1. The lowest BCUT2D eigenvalue weighted by atomic mass is 9.96. The quantitative estimate of drug-likeness (QED) is 0.889. The van der Waals surface area contributed by atoms with Crippen molar-refractivity contribution in [2.75, 3.05) is 26.3 Å². The predicted octanol–water partition coefficient (Wildman–Crippen LogP) is 0.893. The van der Waals surface area contributed by atoms with E-state index in [2.05, 4.69) is 10.2 Å². The standard InChI is InChI=1S/C18H27N3O3/c1-20-8-4-14(11-17(20)22)12-21-7-2-3-15(13-21)18(23)19-16-5-9-24-10-6-16/h4,8,11,15-16H,2-3,5-7,9-10,12-13H2,1H3,(H,19,23). The molecule has 1 unspecified atom stereocenters. The Kier molecular flexibility index (Phi) is 5.68. The number of piperidine rings is 1. The van der Waals surface area contributed by atoms with Crippen molar-refractivity contribution in [3.63, 3.8) is 0 Å². The molecule has 0 bridgehead atoms. The number of carbonyl (C=O) groups excluding carboxylic acids is 1. The number of carbonyl (C=O) groups is 1. The first kappa shape index (κ1) is 17.2. The zero-order valence-electron chi connectivity index (χ0n) is 14.4. The maximum Gasteiger partial charge on any atom is 0.250 e. The van der Waals surface area contributed by atoms with Crippen molar-refractivity contribution < 1.29 is 9.53 Å². The minimum absolute atomic E-state index is 0.0123. The monoisotopic (exact) mass is 333 g/mol. The van der Waals surface area contributed by atoms with Crippen LogP contribution in [0.3, 0.4) is 0 Å². The number of aryl methyl sites for hydroxylation is 1. The van der Waals surface area contributed by atoms with Gasteiger partial charge in [0.05, 0.1) is 5.92 Å². The third-order valence-corrected chi connectivity index (χ3v) is 5.02. The van der Waals surface area contributed by atoms with Crippen LogP contribution in [0, 0.1) is 5.92 Å². The molecule has 0 spiro atoms. The van der Waals surface area contributed by atoms with Crippen molar-refractivity contribution in [3.05, 3.63) is 34.2 Å². The van der Waals surface area contributed by atoms with Crippen LogP contribution in [0.25, 0.3) is 0 Å². The molecule has 2 aliphatic heterocycles. The molecule has 0 saturated carbocycles. The molecule has 2 aliphatic rings. The van der Waals surface area contributed by atoms with Gasteiger partial charge >= 0.3 is 0 Å². The SMILES string of the molecule is Cn1ccc(CN2CCCC(C(=O)NC3CCOCC3)C2)cc1=O. The molecule has 2 saturated heterocycles. The third-order valence-electron chi connectivity index (χ3n) is 5.02. The minimum Gasteiger partial charge on any atom is -0.381 e. The van der Waals surface area contributed by atoms with Gasteiger partial charge in [-0.05, 0) is 43.9 Å². The highest BCUT2D eigenvalue weighted by Gasteiger charge is 2.27. The van der Waals surface area contributed by atoms with E-state index >= 15 is 0 Å². The second-order valence-corrected chi connectivity index (χ2v) is 6.95. The normalized spacial score (nSPS) is 23.1. The lowest BCUT2D eigenvalue weighted by Crippen LogP contribution is -2.47. The van der Waals surface area contributed by atoms with E-state index in [-0.39, 0.29) is 23.4 Å². The molecular weight excluding hydrogens is 306 g/mol. The number of nitrogens with one attached hydrogen (secondary N) is 1. The van der Waals surface area contributed by atoms with Crippen LogP contribution in [0.5, 0.6) is 0 Å². The van der Waals surface area contributed by atoms with Gasteiger partial charge < -0.3 is 14.6 Å². The van der Waals surface area contributed by atoms with E-state index in [1.165, 1.54) is 0 Å². The topological polar surface area (TPSA) is 63.6 Å². The summed E-state index contributed by atoms with van der Waals surface area (Å²) in [5.41, 5.74) is 1.03. The molecule has 24 heavy (non-hydrogen) atoms. The summed E-state index contributed by atoms with van der Waals surface area (Å²) in [6, 6.07) is 3.93. The highest BCUT2D eigenvalue weighted by atomic mass is 16.5. The van der Waals surface area contributed by atoms with Crippen molar-refractivity contribution in [1.29, 1.82) is 0 Å². The van der Waals surface area contributed by atoms with Crippen molar-refractivity contribution in [2.45, 2.75) is 38.3 Å². The number of pyridine rings is 1. The van der Waals surface area contributed by atoms with Gasteiger partial charge in [0, 0.05) is 51.7 Å². The van der Waals surface area contributed by atoms with E-state index in [9.17, 15) is 9.59 Å². The molecule has 0 aliphatic carbocycles. The Bertz CT molecular complexity index is 622. The molecule has 0 aromatic carbocycles. The maximum absolute atomic E-state index is 12.5. The Morgan fingerprint density at radius 2 is 2.12 bits per heavy atom. The smallest absolute Gasteiger partial charge is 0.250 e. The number of nitrogens with zero attached hydrogens (tertiary/aromatic N) is 2. The van der Waals surface area contributed by atoms with E-state index in [1.807, 2.05) is 6.07 Å². The van der Waals surface area contributed by atoms with Gasteiger partial charge in [-0.2, -0.15) is 0 Å². The summed E-state index contributed by atoms with van der Waals surface area (Å²) >= 11 is 0. The molecule has 1 amide bonds. The Balaban J connectivity index is 1.54. The number of aromatic nitrogens is 1. The molecule has 1 aromatic rings. The van der Waals surface area contributed by atoms with Gasteiger partial charge in [0.25, 0.3) is 5.56 Å². The van der Waals surface area contributed by atoms with E-state index in [4.69, 9.17) is 4.74 Å². The second-order valence-electron chi connectivity index (χ2n) is 6.95. The van der Waals surface area contributed by atoms with Crippen LogP contribution in [0.2, 0.25) is 0 Å². The highest BCUT2D eigenvalue weighted by Crippen LogP contribution is 2.19. The highest BCUT2D eigenvalue weighted by molar-refractivity contribution is 5.79. The number of rotatable bonds is 4. The fraction of sp³-hybridized carbons (Fsp3) is 0.667. The molecule has 3 rings (SSSR count). The lowest BCUT2D eigenvalue weighted by molar-refractivity contribution is -0.128. The van der Waals surface area contributed by atoms with Crippen LogP contribution in [-0.4, -0.2) is 47.7 Å². The number of amides is 1. The zero-order valence-corrected chi connectivity index (χ0v) is 14.4. The van der Waals surface area contributed by atoms with Crippen molar-refractivity contribution in [1.82, 2.24) is 14.8 Å². The Morgan fingerprint density at radius 1 is 1.33 bits per heavy atom. The molecular formula is C18H27N3O3. The van der Waals surface area contributed by atoms with Crippen molar-refractivity contribution in [3.8, 4) is 0 Å². The maximum atomic E-state index is 12.5. The molecule has 1 aromatic heterocycles. The summed E-state index contributed by atoms with van der Waals surface area (Å²) in [4.78, 5) is 26.6.